The Kier molecular flexibility index (Phi) is 4.07. The Hall–Kier alpha value is -1.59. The minimum Gasteiger partial charge on any atom is -0.480 e. The maximum atomic E-state index is 10.9. The Morgan fingerprint density at radius 2 is 1.64 bits per heavy atom. The average molecular weight is 203 g/mol. The number of aliphatic carboxylic acids is 2. The molecule has 1 amide bonds. The molecule has 0 radical (unpaired) electrons. The maximum absolute atomic E-state index is 10.9. The van der Waals surface area contributed by atoms with Crippen molar-refractivity contribution in [2.75, 3.05) is 0 Å². The molecular weight excluding hydrogens is 190 g/mol. The summed E-state index contributed by atoms with van der Waals surface area (Å²) in [6.07, 6.45) is 0.640. The summed E-state index contributed by atoms with van der Waals surface area (Å²) in [5.74, 6) is -4.73. The van der Waals surface area contributed by atoms with Crippen molar-refractivity contribution in [3.05, 3.63) is 0 Å². The molecule has 0 atom stereocenters. The van der Waals surface area contributed by atoms with Crippen LogP contribution in [0.1, 0.15) is 26.2 Å². The second-order valence-electron chi connectivity index (χ2n) is 2.98. The van der Waals surface area contributed by atoms with Gasteiger partial charge in [-0.25, -0.2) is 0 Å². The summed E-state index contributed by atoms with van der Waals surface area (Å²) in [5.41, 5.74) is 2.34. The average Bonchev–Trinajstić information content (AvgIpc) is 2.03. The van der Waals surface area contributed by atoms with Crippen molar-refractivity contribution < 1.29 is 24.6 Å². The molecule has 0 heterocycles. The Bertz CT molecular complexity index is 224. The quantitative estimate of drug-likeness (QED) is 0.517. The molecule has 80 valence electrons. The normalized spacial score (nSPS) is 10.9. The lowest BCUT2D eigenvalue weighted by Crippen LogP contribution is -2.50. The van der Waals surface area contributed by atoms with E-state index in [1.807, 2.05) is 0 Å². The lowest BCUT2D eigenvalue weighted by atomic mass is 9.82. The zero-order valence-electron chi connectivity index (χ0n) is 7.82. The van der Waals surface area contributed by atoms with Crippen LogP contribution in [0.25, 0.3) is 0 Å². The molecule has 0 fully saturated rings. The van der Waals surface area contributed by atoms with Crippen molar-refractivity contribution >= 4 is 17.8 Å². The predicted octanol–water partition coefficient (Wildman–Crippen LogP) is -0.182. The molecule has 0 saturated carbocycles. The number of rotatable bonds is 6. The van der Waals surface area contributed by atoms with E-state index in [2.05, 4.69) is 0 Å². The number of carboxylic acids is 2. The first-order valence-corrected chi connectivity index (χ1v) is 4.16. The molecule has 0 aromatic carbocycles. The van der Waals surface area contributed by atoms with E-state index in [4.69, 9.17) is 15.9 Å². The first-order valence-electron chi connectivity index (χ1n) is 4.16. The Morgan fingerprint density at radius 3 is 1.86 bits per heavy atom. The summed E-state index contributed by atoms with van der Waals surface area (Å²) < 4.78 is 0. The molecule has 0 rings (SSSR count). The number of amides is 1. The first-order chi connectivity index (χ1) is 6.39. The highest BCUT2D eigenvalue weighted by atomic mass is 16.4. The lowest BCUT2D eigenvalue weighted by Gasteiger charge is -2.20. The fourth-order valence-electron chi connectivity index (χ4n) is 1.08. The van der Waals surface area contributed by atoms with E-state index in [0.717, 1.165) is 0 Å². The Balaban J connectivity index is 5.06. The van der Waals surface area contributed by atoms with Gasteiger partial charge in [-0.05, 0) is 6.42 Å². The van der Waals surface area contributed by atoms with Crippen LogP contribution >= 0.6 is 0 Å². The van der Waals surface area contributed by atoms with Gasteiger partial charge in [0.15, 0.2) is 0 Å². The molecule has 0 aliphatic heterocycles. The molecule has 0 saturated heterocycles. The highest BCUT2D eigenvalue weighted by Crippen LogP contribution is 2.25. The van der Waals surface area contributed by atoms with Crippen LogP contribution in [0.4, 0.5) is 0 Å². The Labute approximate surface area is 80.7 Å². The number of nitrogens with two attached hydrogens (primary N) is 1. The number of carbonyl (C=O) groups is 3. The molecule has 0 aliphatic rings. The molecule has 6 nitrogen and oxygen atoms in total. The van der Waals surface area contributed by atoms with Crippen molar-refractivity contribution in [1.82, 2.24) is 0 Å². The molecular formula is C8H13NO5. The van der Waals surface area contributed by atoms with Crippen molar-refractivity contribution in [1.29, 1.82) is 0 Å². The molecule has 14 heavy (non-hydrogen) atoms. The topological polar surface area (TPSA) is 118 Å². The van der Waals surface area contributed by atoms with Gasteiger partial charge in [0.1, 0.15) is 0 Å². The highest BCUT2D eigenvalue weighted by Gasteiger charge is 2.51. The third-order valence-corrected chi connectivity index (χ3v) is 2.06. The van der Waals surface area contributed by atoms with E-state index >= 15 is 0 Å². The second-order valence-corrected chi connectivity index (χ2v) is 2.98. The summed E-state index contributed by atoms with van der Waals surface area (Å²) in [6, 6.07) is 0. The van der Waals surface area contributed by atoms with Crippen LogP contribution in [-0.4, -0.2) is 28.1 Å². The third-order valence-electron chi connectivity index (χ3n) is 2.06. The summed E-state index contributed by atoms with van der Waals surface area (Å²) in [4.78, 5) is 32.3. The van der Waals surface area contributed by atoms with E-state index in [9.17, 15) is 14.4 Å². The van der Waals surface area contributed by atoms with Crippen molar-refractivity contribution in [2.45, 2.75) is 26.2 Å². The standard InChI is InChI=1S/C8H13NO5/c1-2-3-4-8(5(9)10,6(11)12)7(13)14/h2-4H2,1H3,(H2,9,10)(H,11,12)(H,13,14). The number of carbonyl (C=O) groups excluding carboxylic acids is 1. The van der Waals surface area contributed by atoms with Gasteiger partial charge in [-0.2, -0.15) is 0 Å². The number of hydrogen-bond donors (Lipinski definition) is 3. The monoisotopic (exact) mass is 203 g/mol. The summed E-state index contributed by atoms with van der Waals surface area (Å²) in [5, 5.41) is 17.4. The Morgan fingerprint density at radius 1 is 1.21 bits per heavy atom. The number of unbranched alkanes of at least 4 members (excludes halogenated alkanes) is 1. The summed E-state index contributed by atoms with van der Waals surface area (Å²) in [6.45, 7) is 1.76. The predicted molar refractivity (Wildman–Crippen MR) is 46.4 cm³/mol. The SMILES string of the molecule is CCCCC(C(N)=O)(C(=O)O)C(=O)O. The van der Waals surface area contributed by atoms with Gasteiger partial charge in [-0.3, -0.25) is 14.4 Å². The van der Waals surface area contributed by atoms with Crippen molar-refractivity contribution in [3.8, 4) is 0 Å². The van der Waals surface area contributed by atoms with Crippen LogP contribution < -0.4 is 5.73 Å². The van der Waals surface area contributed by atoms with Gasteiger partial charge in [0, 0.05) is 0 Å². The molecule has 0 aliphatic carbocycles. The van der Waals surface area contributed by atoms with E-state index in [1.54, 1.807) is 6.92 Å². The van der Waals surface area contributed by atoms with Gasteiger partial charge in [0.2, 0.25) is 11.3 Å². The summed E-state index contributed by atoms with van der Waals surface area (Å²) in [7, 11) is 0. The van der Waals surface area contributed by atoms with Crippen LogP contribution in [0.3, 0.4) is 0 Å². The first kappa shape index (κ1) is 12.4. The second kappa shape index (κ2) is 4.59. The molecule has 0 aromatic heterocycles. The molecule has 0 spiro atoms. The van der Waals surface area contributed by atoms with E-state index in [0.29, 0.717) is 12.8 Å². The number of primary amides is 1. The van der Waals surface area contributed by atoms with Crippen LogP contribution in [0.15, 0.2) is 0 Å². The van der Waals surface area contributed by atoms with E-state index in [-0.39, 0.29) is 6.42 Å². The smallest absolute Gasteiger partial charge is 0.330 e. The largest absolute Gasteiger partial charge is 0.480 e. The van der Waals surface area contributed by atoms with Crippen LogP contribution in [0.5, 0.6) is 0 Å². The van der Waals surface area contributed by atoms with E-state index in [1.165, 1.54) is 0 Å². The van der Waals surface area contributed by atoms with Crippen LogP contribution in [-0.2, 0) is 14.4 Å². The zero-order valence-corrected chi connectivity index (χ0v) is 7.82. The minimum atomic E-state index is -2.48. The molecule has 0 aromatic rings. The highest BCUT2D eigenvalue weighted by molar-refractivity contribution is 6.17. The number of hydrogen-bond acceptors (Lipinski definition) is 3. The van der Waals surface area contributed by atoms with Gasteiger partial charge in [0.05, 0.1) is 0 Å². The molecule has 6 heteroatoms. The van der Waals surface area contributed by atoms with Gasteiger partial charge in [0.25, 0.3) is 0 Å². The van der Waals surface area contributed by atoms with Crippen LogP contribution in [0.2, 0.25) is 0 Å². The fraction of sp³-hybridized carbons (Fsp3) is 0.625. The van der Waals surface area contributed by atoms with Gasteiger partial charge in [-0.15, -0.1) is 0 Å². The van der Waals surface area contributed by atoms with Gasteiger partial charge >= 0.3 is 11.9 Å². The van der Waals surface area contributed by atoms with Crippen LogP contribution in [0, 0.1) is 5.41 Å². The molecule has 0 bridgehead atoms. The number of carboxylic acid groups (broad SMARTS) is 2. The van der Waals surface area contributed by atoms with E-state index < -0.39 is 23.3 Å². The van der Waals surface area contributed by atoms with Crippen molar-refractivity contribution in [3.63, 3.8) is 0 Å². The lowest BCUT2D eigenvalue weighted by molar-refractivity contribution is -0.168. The third kappa shape index (κ3) is 2.01. The fourth-order valence-corrected chi connectivity index (χ4v) is 1.08. The van der Waals surface area contributed by atoms with Crippen molar-refractivity contribution in [2.24, 2.45) is 11.1 Å². The van der Waals surface area contributed by atoms with Gasteiger partial charge in [-0.1, -0.05) is 19.8 Å². The zero-order chi connectivity index (χ0) is 11.4. The minimum absolute atomic E-state index is 0.274. The maximum Gasteiger partial charge on any atom is 0.330 e. The molecule has 4 N–H and O–H groups in total. The van der Waals surface area contributed by atoms with Gasteiger partial charge < -0.3 is 15.9 Å². The molecule has 0 unspecified atom stereocenters. The summed E-state index contributed by atoms with van der Waals surface area (Å²) >= 11 is 0.